The molecule has 0 saturated heterocycles. The van der Waals surface area contributed by atoms with E-state index in [4.69, 9.17) is 4.98 Å². The van der Waals surface area contributed by atoms with E-state index in [9.17, 15) is 14.4 Å². The second kappa shape index (κ2) is 10.4. The quantitative estimate of drug-likeness (QED) is 0.324. The molecule has 1 aliphatic rings. The summed E-state index contributed by atoms with van der Waals surface area (Å²) in [6, 6.07) is 22.6. The minimum atomic E-state index is -0.302. The summed E-state index contributed by atoms with van der Waals surface area (Å²) >= 11 is 0. The Labute approximate surface area is 216 Å². The summed E-state index contributed by atoms with van der Waals surface area (Å²) < 4.78 is 1.69. The van der Waals surface area contributed by atoms with Crippen LogP contribution in [-0.4, -0.2) is 45.9 Å². The highest BCUT2D eigenvalue weighted by molar-refractivity contribution is 6.21. The van der Waals surface area contributed by atoms with E-state index >= 15 is 0 Å². The minimum Gasteiger partial charge on any atom is -0.372 e. The maximum Gasteiger partial charge on any atom is 0.261 e. The predicted molar refractivity (Wildman–Crippen MR) is 145 cm³/mol. The molecule has 188 valence electrons. The Morgan fingerprint density at radius 1 is 0.730 bits per heavy atom. The number of carbonyl (C=O) groups is 2. The first kappa shape index (κ1) is 24.4. The van der Waals surface area contributed by atoms with Crippen molar-refractivity contribution in [2.24, 2.45) is 0 Å². The summed E-state index contributed by atoms with van der Waals surface area (Å²) in [7, 11) is 0. The molecule has 37 heavy (non-hydrogen) atoms. The predicted octanol–water partition coefficient (Wildman–Crippen LogP) is 4.32. The van der Waals surface area contributed by atoms with Crippen LogP contribution in [0.5, 0.6) is 0 Å². The van der Waals surface area contributed by atoms with Crippen LogP contribution in [0, 0.1) is 0 Å². The summed E-state index contributed by atoms with van der Waals surface area (Å²) in [6.45, 7) is 6.80. The van der Waals surface area contributed by atoms with Crippen molar-refractivity contribution in [1.29, 1.82) is 0 Å². The van der Waals surface area contributed by atoms with Gasteiger partial charge in [-0.1, -0.05) is 36.4 Å². The van der Waals surface area contributed by atoms with Crippen LogP contribution in [0.15, 0.2) is 77.6 Å². The maximum atomic E-state index is 13.5. The molecule has 0 aliphatic carbocycles. The monoisotopic (exact) mass is 494 g/mol. The summed E-state index contributed by atoms with van der Waals surface area (Å²) in [4.78, 5) is 47.5. The highest BCUT2D eigenvalue weighted by Crippen LogP contribution is 2.23. The molecule has 0 bridgehead atoms. The largest absolute Gasteiger partial charge is 0.372 e. The standard InChI is InChI=1S/C30H30N4O3/c1-3-32(4-2)22-15-13-21(14-16-22)17-19-33-27(31-26-12-8-7-11-25(26)30(33)37)18-20-34-28(35)23-9-5-6-10-24(23)29(34)36/h5-16H,3-4,17-20H2,1-2H3. The van der Waals surface area contributed by atoms with Gasteiger partial charge in [0, 0.05) is 38.3 Å². The lowest BCUT2D eigenvalue weighted by Crippen LogP contribution is -2.34. The number of anilines is 1. The number of aromatic nitrogens is 2. The maximum absolute atomic E-state index is 13.5. The van der Waals surface area contributed by atoms with Gasteiger partial charge in [-0.15, -0.1) is 0 Å². The van der Waals surface area contributed by atoms with E-state index in [2.05, 4.69) is 43.0 Å². The SMILES string of the molecule is CCN(CC)c1ccc(CCn2c(CCN3C(=O)c4ccccc4C3=O)nc3ccccc3c2=O)cc1. The molecule has 0 N–H and O–H groups in total. The molecule has 4 aromatic rings. The van der Waals surface area contributed by atoms with Crippen LogP contribution in [0.25, 0.3) is 10.9 Å². The summed E-state index contributed by atoms with van der Waals surface area (Å²) in [6.07, 6.45) is 0.963. The van der Waals surface area contributed by atoms with E-state index in [0.29, 0.717) is 47.2 Å². The van der Waals surface area contributed by atoms with Gasteiger partial charge in [-0.2, -0.15) is 0 Å². The number of benzene rings is 3. The third kappa shape index (κ3) is 4.65. The molecule has 5 rings (SSSR count). The van der Waals surface area contributed by atoms with Crippen molar-refractivity contribution >= 4 is 28.4 Å². The van der Waals surface area contributed by atoms with Crippen molar-refractivity contribution in [3.8, 4) is 0 Å². The number of fused-ring (bicyclic) bond motifs is 2. The molecule has 7 nitrogen and oxygen atoms in total. The van der Waals surface area contributed by atoms with Crippen molar-refractivity contribution in [2.75, 3.05) is 24.5 Å². The Morgan fingerprint density at radius 3 is 2.00 bits per heavy atom. The van der Waals surface area contributed by atoms with Crippen molar-refractivity contribution in [2.45, 2.75) is 33.2 Å². The van der Waals surface area contributed by atoms with Crippen LogP contribution in [0.4, 0.5) is 5.69 Å². The fourth-order valence-corrected chi connectivity index (χ4v) is 4.99. The van der Waals surface area contributed by atoms with Crippen molar-refractivity contribution < 1.29 is 9.59 Å². The number of imide groups is 1. The van der Waals surface area contributed by atoms with E-state index < -0.39 is 0 Å². The molecule has 1 aliphatic heterocycles. The molecule has 0 saturated carbocycles. The van der Waals surface area contributed by atoms with Crippen LogP contribution in [0.2, 0.25) is 0 Å². The lowest BCUT2D eigenvalue weighted by Gasteiger charge is -2.21. The number of rotatable bonds is 9. The number of carbonyl (C=O) groups excluding carboxylic acids is 2. The summed E-state index contributed by atoms with van der Waals surface area (Å²) in [5.74, 6) is -0.0350. The molecule has 0 spiro atoms. The smallest absolute Gasteiger partial charge is 0.261 e. The molecule has 2 amide bonds. The molecule has 0 atom stereocenters. The average Bonchev–Trinajstić information content (AvgIpc) is 3.17. The van der Waals surface area contributed by atoms with Gasteiger partial charge in [0.05, 0.1) is 22.0 Å². The Balaban J connectivity index is 1.40. The minimum absolute atomic E-state index is 0.109. The van der Waals surface area contributed by atoms with Crippen LogP contribution in [-0.2, 0) is 19.4 Å². The molecular weight excluding hydrogens is 464 g/mol. The third-order valence-electron chi connectivity index (χ3n) is 7.07. The number of amides is 2. The second-order valence-electron chi connectivity index (χ2n) is 9.15. The zero-order valence-electron chi connectivity index (χ0n) is 21.2. The van der Waals surface area contributed by atoms with Crippen molar-refractivity contribution in [1.82, 2.24) is 14.5 Å². The molecule has 3 aromatic carbocycles. The zero-order valence-corrected chi connectivity index (χ0v) is 21.2. The fraction of sp³-hybridized carbons (Fsp3) is 0.267. The van der Waals surface area contributed by atoms with Crippen LogP contribution >= 0.6 is 0 Å². The second-order valence-corrected chi connectivity index (χ2v) is 9.15. The van der Waals surface area contributed by atoms with Gasteiger partial charge < -0.3 is 4.90 Å². The number of hydrogen-bond donors (Lipinski definition) is 0. The van der Waals surface area contributed by atoms with E-state index in [1.807, 2.05) is 18.2 Å². The van der Waals surface area contributed by atoms with Gasteiger partial charge in [0.1, 0.15) is 5.82 Å². The third-order valence-corrected chi connectivity index (χ3v) is 7.07. The Bertz CT molecular complexity index is 1490. The van der Waals surface area contributed by atoms with Gasteiger partial charge in [0.25, 0.3) is 17.4 Å². The Morgan fingerprint density at radius 2 is 1.35 bits per heavy atom. The molecule has 0 unspecified atom stereocenters. The van der Waals surface area contributed by atoms with E-state index in [-0.39, 0.29) is 23.9 Å². The average molecular weight is 495 g/mol. The normalized spacial score (nSPS) is 12.9. The lowest BCUT2D eigenvalue weighted by molar-refractivity contribution is 0.0655. The molecule has 0 radical (unpaired) electrons. The fourth-order valence-electron chi connectivity index (χ4n) is 4.99. The van der Waals surface area contributed by atoms with Gasteiger partial charge in [-0.25, -0.2) is 4.98 Å². The van der Waals surface area contributed by atoms with Crippen LogP contribution in [0.1, 0.15) is 46.0 Å². The molecule has 2 heterocycles. The highest BCUT2D eigenvalue weighted by Gasteiger charge is 2.34. The number of nitrogens with zero attached hydrogens (tertiary/aromatic N) is 4. The summed E-state index contributed by atoms with van der Waals surface area (Å²) in [5.41, 5.74) is 3.66. The summed E-state index contributed by atoms with van der Waals surface area (Å²) in [5, 5.41) is 0.559. The first-order valence-corrected chi connectivity index (χ1v) is 12.8. The van der Waals surface area contributed by atoms with Gasteiger partial charge in [-0.3, -0.25) is 23.9 Å². The van der Waals surface area contributed by atoms with Crippen LogP contribution in [0.3, 0.4) is 0 Å². The first-order valence-electron chi connectivity index (χ1n) is 12.8. The van der Waals surface area contributed by atoms with E-state index in [0.717, 1.165) is 18.7 Å². The highest BCUT2D eigenvalue weighted by atomic mass is 16.2. The topological polar surface area (TPSA) is 75.5 Å². The number of para-hydroxylation sites is 1. The molecule has 0 fully saturated rings. The number of hydrogen-bond acceptors (Lipinski definition) is 5. The van der Waals surface area contributed by atoms with Crippen LogP contribution < -0.4 is 10.5 Å². The Hall–Kier alpha value is -4.26. The van der Waals surface area contributed by atoms with E-state index in [1.165, 1.54) is 10.6 Å². The van der Waals surface area contributed by atoms with Gasteiger partial charge in [-0.05, 0) is 62.2 Å². The zero-order chi connectivity index (χ0) is 25.9. The Kier molecular flexibility index (Phi) is 6.86. The van der Waals surface area contributed by atoms with Gasteiger partial charge in [0.2, 0.25) is 0 Å². The lowest BCUT2D eigenvalue weighted by atomic mass is 10.1. The number of aryl methyl sites for hydroxylation is 1. The van der Waals surface area contributed by atoms with E-state index in [1.54, 1.807) is 34.9 Å². The molecule has 7 heteroatoms. The van der Waals surface area contributed by atoms with Gasteiger partial charge >= 0.3 is 0 Å². The van der Waals surface area contributed by atoms with Crippen molar-refractivity contribution in [3.63, 3.8) is 0 Å². The molecular formula is C30H30N4O3. The first-order chi connectivity index (χ1) is 18.0. The van der Waals surface area contributed by atoms with Gasteiger partial charge in [0.15, 0.2) is 0 Å². The van der Waals surface area contributed by atoms with Crippen molar-refractivity contribution in [3.05, 3.63) is 106 Å². The molecule has 1 aromatic heterocycles.